The van der Waals surface area contributed by atoms with Gasteiger partial charge in [0.25, 0.3) is 0 Å². The summed E-state index contributed by atoms with van der Waals surface area (Å²) in [6, 6.07) is 4.29. The lowest BCUT2D eigenvalue weighted by Crippen LogP contribution is -2.21. The number of carbonyl (C=O) groups is 2. The third kappa shape index (κ3) is 5.05. The van der Waals surface area contributed by atoms with E-state index in [9.17, 15) is 14.0 Å². The molecular formula is C19H21FN2O4S2. The van der Waals surface area contributed by atoms with Gasteiger partial charge in [-0.25, -0.2) is 14.0 Å². The Morgan fingerprint density at radius 1 is 1.11 bits per heavy atom. The number of benzene rings is 1. The Hall–Kier alpha value is -2.52. The van der Waals surface area contributed by atoms with Gasteiger partial charge < -0.3 is 20.1 Å². The number of rotatable bonds is 6. The number of thiophene rings is 1. The number of hydrogen-bond donors (Lipinski definition) is 2. The summed E-state index contributed by atoms with van der Waals surface area (Å²) < 4.78 is 23.6. The van der Waals surface area contributed by atoms with Crippen LogP contribution in [0.2, 0.25) is 0 Å². The topological polar surface area (TPSA) is 76.7 Å². The Morgan fingerprint density at radius 3 is 2.39 bits per heavy atom. The summed E-state index contributed by atoms with van der Waals surface area (Å²) in [4.78, 5) is 24.9. The molecule has 0 aliphatic carbocycles. The Morgan fingerprint density at radius 2 is 1.75 bits per heavy atom. The van der Waals surface area contributed by atoms with Crippen LogP contribution in [0.25, 0.3) is 0 Å². The van der Waals surface area contributed by atoms with E-state index in [1.165, 1.54) is 12.1 Å². The van der Waals surface area contributed by atoms with Gasteiger partial charge in [-0.15, -0.1) is 11.3 Å². The van der Waals surface area contributed by atoms with Crippen molar-refractivity contribution in [3.8, 4) is 0 Å². The molecule has 150 valence electrons. The van der Waals surface area contributed by atoms with Crippen LogP contribution in [0, 0.1) is 19.7 Å². The summed E-state index contributed by atoms with van der Waals surface area (Å²) in [5.41, 5.74) is 1.96. The summed E-state index contributed by atoms with van der Waals surface area (Å²) in [7, 11) is 0. The molecule has 2 N–H and O–H groups in total. The van der Waals surface area contributed by atoms with Crippen LogP contribution in [0.1, 0.15) is 45.0 Å². The molecule has 0 spiro atoms. The highest BCUT2D eigenvalue weighted by molar-refractivity contribution is 7.80. The number of nitrogens with one attached hydrogen (secondary N) is 2. The third-order valence-corrected chi connectivity index (χ3v) is 5.15. The Bertz CT molecular complexity index is 912. The highest BCUT2D eigenvalue weighted by Gasteiger charge is 2.26. The first kappa shape index (κ1) is 21.8. The monoisotopic (exact) mass is 424 g/mol. The minimum absolute atomic E-state index is 0.149. The molecule has 9 heteroatoms. The van der Waals surface area contributed by atoms with Crippen LogP contribution in [-0.4, -0.2) is 30.3 Å². The predicted octanol–water partition coefficient (Wildman–Crippen LogP) is 4.67. The van der Waals surface area contributed by atoms with Crippen molar-refractivity contribution in [2.45, 2.75) is 27.7 Å². The summed E-state index contributed by atoms with van der Waals surface area (Å²) in [5.74, 6) is -1.50. The Labute approximate surface area is 172 Å². The summed E-state index contributed by atoms with van der Waals surface area (Å²) in [6.45, 7) is 7.25. The maximum absolute atomic E-state index is 13.5. The fourth-order valence-electron chi connectivity index (χ4n) is 2.43. The van der Waals surface area contributed by atoms with Crippen molar-refractivity contribution in [1.82, 2.24) is 0 Å². The van der Waals surface area contributed by atoms with E-state index in [2.05, 4.69) is 10.6 Å². The molecule has 0 radical (unpaired) electrons. The zero-order chi connectivity index (χ0) is 20.8. The molecule has 1 aromatic heterocycles. The third-order valence-electron chi connectivity index (χ3n) is 3.76. The zero-order valence-electron chi connectivity index (χ0n) is 16.0. The minimum atomic E-state index is -0.570. The number of aryl methyl sites for hydroxylation is 1. The zero-order valence-corrected chi connectivity index (χ0v) is 17.6. The molecule has 0 atom stereocenters. The normalized spacial score (nSPS) is 10.3. The van der Waals surface area contributed by atoms with Gasteiger partial charge in [-0.05, 0) is 63.2 Å². The van der Waals surface area contributed by atoms with Crippen LogP contribution >= 0.6 is 23.6 Å². The van der Waals surface area contributed by atoms with Crippen LogP contribution in [-0.2, 0) is 9.47 Å². The van der Waals surface area contributed by atoms with Crippen LogP contribution in [0.15, 0.2) is 18.2 Å². The Balaban J connectivity index is 2.33. The standard InChI is InChI=1S/C19H21FN2O4S2/c1-5-25-17(23)14-11(4)15(18(24)26-6-2)28-16(14)22-19(27)21-13-9-12(20)8-7-10(13)3/h7-9H,5-6H2,1-4H3,(H2,21,22,27). The maximum Gasteiger partial charge on any atom is 0.348 e. The van der Waals surface area contributed by atoms with Crippen LogP contribution in [0.5, 0.6) is 0 Å². The van der Waals surface area contributed by atoms with E-state index in [0.29, 0.717) is 16.3 Å². The molecule has 1 heterocycles. The molecule has 0 unspecified atom stereocenters. The molecule has 28 heavy (non-hydrogen) atoms. The second-order valence-electron chi connectivity index (χ2n) is 5.74. The van der Waals surface area contributed by atoms with E-state index in [0.717, 1.165) is 16.9 Å². The minimum Gasteiger partial charge on any atom is -0.462 e. The second kappa shape index (κ2) is 9.61. The molecule has 0 amide bonds. The number of hydrogen-bond acceptors (Lipinski definition) is 6. The lowest BCUT2D eigenvalue weighted by molar-refractivity contribution is 0.0527. The highest BCUT2D eigenvalue weighted by Crippen LogP contribution is 2.34. The molecule has 0 aliphatic rings. The van der Waals surface area contributed by atoms with E-state index < -0.39 is 17.8 Å². The summed E-state index contributed by atoms with van der Waals surface area (Å²) in [5, 5.41) is 6.31. The lowest BCUT2D eigenvalue weighted by atomic mass is 10.1. The first-order chi connectivity index (χ1) is 13.3. The predicted molar refractivity (Wildman–Crippen MR) is 112 cm³/mol. The van der Waals surface area contributed by atoms with E-state index in [4.69, 9.17) is 21.7 Å². The number of thiocarbonyl (C=S) groups is 1. The molecule has 1 aromatic carbocycles. The van der Waals surface area contributed by atoms with E-state index >= 15 is 0 Å². The molecule has 2 rings (SSSR count). The van der Waals surface area contributed by atoms with Crippen LogP contribution in [0.3, 0.4) is 0 Å². The number of ether oxygens (including phenoxy) is 2. The van der Waals surface area contributed by atoms with E-state index in [-0.39, 0.29) is 28.8 Å². The van der Waals surface area contributed by atoms with Gasteiger partial charge in [0.2, 0.25) is 0 Å². The highest BCUT2D eigenvalue weighted by atomic mass is 32.1. The van der Waals surface area contributed by atoms with Gasteiger partial charge in [0.05, 0.1) is 18.8 Å². The van der Waals surface area contributed by atoms with E-state index in [1.807, 2.05) is 6.92 Å². The molecule has 2 aromatic rings. The summed E-state index contributed by atoms with van der Waals surface area (Å²) >= 11 is 6.34. The number of carbonyl (C=O) groups excluding carboxylic acids is 2. The SMILES string of the molecule is CCOC(=O)c1sc(NC(=S)Nc2cc(F)ccc2C)c(C(=O)OCC)c1C. The maximum atomic E-state index is 13.5. The van der Waals surface area contributed by atoms with Gasteiger partial charge in [0.15, 0.2) is 5.11 Å². The average Bonchev–Trinajstić information content (AvgIpc) is 2.94. The van der Waals surface area contributed by atoms with E-state index in [1.54, 1.807) is 26.8 Å². The van der Waals surface area contributed by atoms with Crippen LogP contribution < -0.4 is 10.6 Å². The molecule has 0 fully saturated rings. The second-order valence-corrected chi connectivity index (χ2v) is 7.17. The van der Waals surface area contributed by atoms with Gasteiger partial charge in [-0.3, -0.25) is 0 Å². The van der Waals surface area contributed by atoms with Crippen molar-refractivity contribution in [2.75, 3.05) is 23.8 Å². The quantitative estimate of drug-likeness (QED) is 0.516. The molecule has 0 aliphatic heterocycles. The largest absolute Gasteiger partial charge is 0.462 e. The van der Waals surface area contributed by atoms with Gasteiger partial charge in [-0.2, -0.15) is 0 Å². The number of anilines is 2. The smallest absolute Gasteiger partial charge is 0.348 e. The molecule has 0 bridgehead atoms. The van der Waals surface area contributed by atoms with Gasteiger partial charge in [-0.1, -0.05) is 6.07 Å². The Kier molecular flexibility index (Phi) is 7.47. The fourth-order valence-corrected chi connectivity index (χ4v) is 3.80. The van der Waals surface area contributed by atoms with Crippen molar-refractivity contribution in [3.63, 3.8) is 0 Å². The molecular weight excluding hydrogens is 403 g/mol. The van der Waals surface area contributed by atoms with Crippen molar-refractivity contribution < 1.29 is 23.5 Å². The molecule has 0 saturated carbocycles. The van der Waals surface area contributed by atoms with Gasteiger partial charge in [0, 0.05) is 5.69 Å². The first-order valence-corrected chi connectivity index (χ1v) is 9.82. The van der Waals surface area contributed by atoms with Gasteiger partial charge >= 0.3 is 11.9 Å². The summed E-state index contributed by atoms with van der Waals surface area (Å²) in [6.07, 6.45) is 0. The van der Waals surface area contributed by atoms with Crippen molar-refractivity contribution >= 4 is 51.3 Å². The van der Waals surface area contributed by atoms with Crippen molar-refractivity contribution in [3.05, 3.63) is 45.6 Å². The first-order valence-electron chi connectivity index (χ1n) is 8.60. The molecule has 6 nitrogen and oxygen atoms in total. The number of halogens is 1. The van der Waals surface area contributed by atoms with Crippen molar-refractivity contribution in [2.24, 2.45) is 0 Å². The average molecular weight is 425 g/mol. The van der Waals surface area contributed by atoms with Crippen molar-refractivity contribution in [1.29, 1.82) is 0 Å². The molecule has 0 saturated heterocycles. The van der Waals surface area contributed by atoms with Crippen LogP contribution in [0.4, 0.5) is 15.1 Å². The van der Waals surface area contributed by atoms with Gasteiger partial charge in [0.1, 0.15) is 15.7 Å². The number of esters is 2. The lowest BCUT2D eigenvalue weighted by Gasteiger charge is -2.13. The fraction of sp³-hybridized carbons (Fsp3) is 0.316.